The first-order chi connectivity index (χ1) is 10.6. The van der Waals surface area contributed by atoms with Crippen LogP contribution in [-0.4, -0.2) is 30.2 Å². The van der Waals surface area contributed by atoms with Crippen molar-refractivity contribution in [2.75, 3.05) is 24.3 Å². The van der Waals surface area contributed by atoms with Gasteiger partial charge in [-0.05, 0) is 29.6 Å². The van der Waals surface area contributed by atoms with Crippen molar-refractivity contribution in [2.24, 2.45) is 0 Å². The Morgan fingerprint density at radius 3 is 2.86 bits per heavy atom. The molecule has 0 atom stereocenters. The number of amides is 1. The summed E-state index contributed by atoms with van der Waals surface area (Å²) in [6.07, 6.45) is 0. The van der Waals surface area contributed by atoms with Crippen molar-refractivity contribution in [3.05, 3.63) is 46.7 Å². The SMILES string of the molecule is CN(C)c1cccc(C(=O)Nc2nnc(-c3ccsc3)o2)c1. The Morgan fingerprint density at radius 1 is 1.27 bits per heavy atom. The molecule has 22 heavy (non-hydrogen) atoms. The highest BCUT2D eigenvalue weighted by atomic mass is 32.1. The molecule has 3 rings (SSSR count). The Hall–Kier alpha value is -2.67. The number of nitrogens with zero attached hydrogens (tertiary/aromatic N) is 3. The van der Waals surface area contributed by atoms with Crippen molar-refractivity contribution < 1.29 is 9.21 Å². The number of hydrogen-bond acceptors (Lipinski definition) is 6. The summed E-state index contributed by atoms with van der Waals surface area (Å²) in [7, 11) is 3.84. The third kappa shape index (κ3) is 2.99. The lowest BCUT2D eigenvalue weighted by atomic mass is 10.2. The standard InChI is InChI=1S/C15H14N4O2S/c1-19(2)12-5-3-4-10(8-12)13(20)16-15-18-17-14(21-15)11-6-7-22-9-11/h3-9H,1-2H3,(H,16,18,20). The zero-order chi connectivity index (χ0) is 15.5. The van der Waals surface area contributed by atoms with E-state index >= 15 is 0 Å². The van der Waals surface area contributed by atoms with Gasteiger partial charge in [-0.25, -0.2) is 0 Å². The van der Waals surface area contributed by atoms with Gasteiger partial charge in [0, 0.05) is 36.3 Å². The predicted octanol–water partition coefficient (Wildman–Crippen LogP) is 3.12. The van der Waals surface area contributed by atoms with Gasteiger partial charge in [0.1, 0.15) is 0 Å². The summed E-state index contributed by atoms with van der Waals surface area (Å²) < 4.78 is 5.44. The van der Waals surface area contributed by atoms with Crippen LogP contribution in [0, 0.1) is 0 Å². The molecule has 3 aromatic rings. The smallest absolute Gasteiger partial charge is 0.322 e. The van der Waals surface area contributed by atoms with Crippen LogP contribution in [0.4, 0.5) is 11.7 Å². The summed E-state index contributed by atoms with van der Waals surface area (Å²) in [5.41, 5.74) is 2.31. The molecular formula is C15H14N4O2S. The molecule has 1 aromatic carbocycles. The summed E-state index contributed by atoms with van der Waals surface area (Å²) >= 11 is 1.54. The molecule has 0 aliphatic heterocycles. The average molecular weight is 314 g/mol. The second-order valence-corrected chi connectivity index (χ2v) is 5.60. The van der Waals surface area contributed by atoms with Gasteiger partial charge >= 0.3 is 6.01 Å². The third-order valence-corrected chi connectivity index (χ3v) is 3.72. The van der Waals surface area contributed by atoms with Gasteiger partial charge in [-0.2, -0.15) is 11.3 Å². The summed E-state index contributed by atoms with van der Waals surface area (Å²) in [6.45, 7) is 0. The number of anilines is 2. The van der Waals surface area contributed by atoms with E-state index in [0.29, 0.717) is 11.5 Å². The van der Waals surface area contributed by atoms with Gasteiger partial charge in [-0.3, -0.25) is 10.1 Å². The molecule has 1 amide bonds. The Labute approximate surface area is 131 Å². The number of hydrogen-bond donors (Lipinski definition) is 1. The molecule has 6 nitrogen and oxygen atoms in total. The lowest BCUT2D eigenvalue weighted by Crippen LogP contribution is -2.14. The minimum Gasteiger partial charge on any atom is -0.403 e. The summed E-state index contributed by atoms with van der Waals surface area (Å²) in [5, 5.41) is 14.2. The molecule has 2 aromatic heterocycles. The first kappa shape index (κ1) is 14.3. The molecule has 2 heterocycles. The highest BCUT2D eigenvalue weighted by Crippen LogP contribution is 2.22. The lowest BCUT2D eigenvalue weighted by molar-refractivity contribution is 0.102. The summed E-state index contributed by atoms with van der Waals surface area (Å²) in [4.78, 5) is 14.2. The van der Waals surface area contributed by atoms with Crippen LogP contribution in [0.3, 0.4) is 0 Å². The second kappa shape index (κ2) is 5.98. The van der Waals surface area contributed by atoms with E-state index in [1.165, 1.54) is 11.3 Å². The first-order valence-corrected chi connectivity index (χ1v) is 7.52. The van der Waals surface area contributed by atoms with Crippen molar-refractivity contribution in [3.63, 3.8) is 0 Å². The molecule has 0 radical (unpaired) electrons. The van der Waals surface area contributed by atoms with Crippen LogP contribution in [0.5, 0.6) is 0 Å². The van der Waals surface area contributed by atoms with E-state index in [-0.39, 0.29) is 11.9 Å². The lowest BCUT2D eigenvalue weighted by Gasteiger charge is -2.12. The number of thiophene rings is 1. The first-order valence-electron chi connectivity index (χ1n) is 6.58. The summed E-state index contributed by atoms with van der Waals surface area (Å²) in [5.74, 6) is 0.0998. The topological polar surface area (TPSA) is 71.3 Å². The maximum absolute atomic E-state index is 12.2. The van der Waals surface area contributed by atoms with Crippen LogP contribution in [0.15, 0.2) is 45.5 Å². The molecule has 7 heteroatoms. The van der Waals surface area contributed by atoms with E-state index < -0.39 is 0 Å². The van der Waals surface area contributed by atoms with Gasteiger partial charge in [-0.1, -0.05) is 11.2 Å². The molecule has 0 aliphatic carbocycles. The zero-order valence-corrected chi connectivity index (χ0v) is 12.9. The molecule has 0 saturated heterocycles. The van der Waals surface area contributed by atoms with E-state index in [1.807, 2.05) is 48.0 Å². The molecule has 0 saturated carbocycles. The van der Waals surface area contributed by atoms with Crippen molar-refractivity contribution in [3.8, 4) is 11.5 Å². The van der Waals surface area contributed by atoms with Crippen molar-refractivity contribution in [1.82, 2.24) is 10.2 Å². The number of benzene rings is 1. The van der Waals surface area contributed by atoms with Gasteiger partial charge in [0.15, 0.2) is 0 Å². The third-order valence-electron chi connectivity index (χ3n) is 3.04. The number of carbonyl (C=O) groups is 1. The van der Waals surface area contributed by atoms with Gasteiger partial charge < -0.3 is 9.32 Å². The molecule has 112 valence electrons. The molecular weight excluding hydrogens is 300 g/mol. The Bertz CT molecular complexity index is 780. The van der Waals surface area contributed by atoms with Crippen LogP contribution in [0.1, 0.15) is 10.4 Å². The maximum Gasteiger partial charge on any atom is 0.322 e. The average Bonchev–Trinajstić information content (AvgIpc) is 3.18. The minimum absolute atomic E-state index is 0.0847. The predicted molar refractivity (Wildman–Crippen MR) is 86.3 cm³/mol. The van der Waals surface area contributed by atoms with E-state index in [0.717, 1.165) is 11.3 Å². The molecule has 0 aliphatic rings. The highest BCUT2D eigenvalue weighted by molar-refractivity contribution is 7.08. The Kier molecular flexibility index (Phi) is 3.88. The molecule has 0 unspecified atom stereocenters. The number of nitrogens with one attached hydrogen (secondary N) is 1. The van der Waals surface area contributed by atoms with Crippen molar-refractivity contribution >= 4 is 28.9 Å². The zero-order valence-electron chi connectivity index (χ0n) is 12.1. The van der Waals surface area contributed by atoms with E-state index in [1.54, 1.807) is 12.1 Å². The van der Waals surface area contributed by atoms with Crippen molar-refractivity contribution in [1.29, 1.82) is 0 Å². The van der Waals surface area contributed by atoms with Gasteiger partial charge in [0.05, 0.1) is 0 Å². The van der Waals surface area contributed by atoms with Crippen LogP contribution in [0.25, 0.3) is 11.5 Å². The second-order valence-electron chi connectivity index (χ2n) is 4.82. The fourth-order valence-electron chi connectivity index (χ4n) is 1.87. The minimum atomic E-state index is -0.288. The van der Waals surface area contributed by atoms with E-state index in [4.69, 9.17) is 4.42 Å². The number of carbonyl (C=O) groups excluding carboxylic acids is 1. The van der Waals surface area contributed by atoms with E-state index in [9.17, 15) is 4.79 Å². The van der Waals surface area contributed by atoms with Crippen LogP contribution >= 0.6 is 11.3 Å². The van der Waals surface area contributed by atoms with Gasteiger partial charge in [0.25, 0.3) is 11.8 Å². The molecule has 0 bridgehead atoms. The highest BCUT2D eigenvalue weighted by Gasteiger charge is 2.13. The fraction of sp³-hybridized carbons (Fsp3) is 0.133. The monoisotopic (exact) mass is 314 g/mol. The molecule has 0 fully saturated rings. The summed E-state index contributed by atoms with van der Waals surface area (Å²) in [6, 6.07) is 9.25. The van der Waals surface area contributed by atoms with Gasteiger partial charge in [-0.15, -0.1) is 5.10 Å². The normalized spacial score (nSPS) is 10.5. The largest absolute Gasteiger partial charge is 0.403 e. The molecule has 0 spiro atoms. The van der Waals surface area contributed by atoms with Crippen LogP contribution in [0.2, 0.25) is 0 Å². The number of aromatic nitrogens is 2. The molecule has 1 N–H and O–H groups in total. The number of rotatable bonds is 4. The maximum atomic E-state index is 12.2. The Morgan fingerprint density at radius 2 is 2.14 bits per heavy atom. The van der Waals surface area contributed by atoms with E-state index in [2.05, 4.69) is 15.5 Å². The van der Waals surface area contributed by atoms with Crippen LogP contribution < -0.4 is 10.2 Å². The van der Waals surface area contributed by atoms with Crippen LogP contribution in [-0.2, 0) is 0 Å². The Balaban J connectivity index is 1.76. The van der Waals surface area contributed by atoms with Crippen molar-refractivity contribution in [2.45, 2.75) is 0 Å². The van der Waals surface area contributed by atoms with Gasteiger partial charge in [0.2, 0.25) is 0 Å². The fourth-order valence-corrected chi connectivity index (χ4v) is 2.50. The quantitative estimate of drug-likeness (QED) is 0.801.